The number of amides is 2. The summed E-state index contributed by atoms with van der Waals surface area (Å²) >= 11 is 1.00. The molecule has 2 aromatic rings. The third-order valence-electron chi connectivity index (χ3n) is 5.16. The molecule has 0 bridgehead atoms. The van der Waals surface area contributed by atoms with Crippen molar-refractivity contribution in [2.24, 2.45) is 5.92 Å². The van der Waals surface area contributed by atoms with Crippen LogP contribution in [0.15, 0.2) is 59.1 Å². The summed E-state index contributed by atoms with van der Waals surface area (Å²) in [5.41, 5.74) is 1.29. The smallest absolute Gasteiger partial charge is 0.319 e. The van der Waals surface area contributed by atoms with Gasteiger partial charge in [0.15, 0.2) is 0 Å². The molecule has 0 spiro atoms. The Morgan fingerprint density at radius 3 is 2.41 bits per heavy atom. The van der Waals surface area contributed by atoms with Gasteiger partial charge in [-0.3, -0.25) is 14.4 Å². The lowest BCUT2D eigenvalue weighted by Crippen LogP contribution is -2.44. The van der Waals surface area contributed by atoms with E-state index in [0.717, 1.165) is 11.8 Å². The van der Waals surface area contributed by atoms with Crippen molar-refractivity contribution in [2.45, 2.75) is 5.92 Å². The van der Waals surface area contributed by atoms with Gasteiger partial charge in [0.1, 0.15) is 17.4 Å². The second-order valence-electron chi connectivity index (χ2n) is 7.16. The lowest BCUT2D eigenvalue weighted by atomic mass is 9.78. The Balaban J connectivity index is 1.87. The quantitative estimate of drug-likeness (QED) is 0.435. The molecule has 0 saturated heterocycles. The maximum Gasteiger partial charge on any atom is 0.319 e. The Morgan fingerprint density at radius 2 is 1.79 bits per heavy atom. The molecule has 0 aromatic heterocycles. The van der Waals surface area contributed by atoms with Crippen molar-refractivity contribution >= 4 is 35.2 Å². The number of ether oxygens (including phenoxy) is 3. The first-order chi connectivity index (χ1) is 16.4. The van der Waals surface area contributed by atoms with E-state index >= 15 is 0 Å². The fraction of sp³-hybridized carbons (Fsp3) is 0.250. The number of anilines is 1. The van der Waals surface area contributed by atoms with Crippen molar-refractivity contribution in [3.63, 3.8) is 0 Å². The molecule has 1 heterocycles. The Hall–Kier alpha value is -3.97. The predicted molar refractivity (Wildman–Crippen MR) is 126 cm³/mol. The summed E-state index contributed by atoms with van der Waals surface area (Å²) in [6.07, 6.45) is 0. The minimum Gasteiger partial charge on any atom is -0.497 e. The monoisotopic (exact) mass is 481 g/mol. The summed E-state index contributed by atoms with van der Waals surface area (Å²) in [5, 5.41) is 15.5. The first-order valence-electron chi connectivity index (χ1n) is 10.2. The van der Waals surface area contributed by atoms with Crippen molar-refractivity contribution in [1.29, 1.82) is 5.26 Å². The predicted octanol–water partition coefficient (Wildman–Crippen LogP) is 2.81. The number of nitriles is 1. The number of benzene rings is 2. The highest BCUT2D eigenvalue weighted by atomic mass is 32.2. The number of rotatable bonds is 8. The van der Waals surface area contributed by atoms with Gasteiger partial charge in [0.05, 0.1) is 43.8 Å². The van der Waals surface area contributed by atoms with Gasteiger partial charge in [0, 0.05) is 17.7 Å². The summed E-state index contributed by atoms with van der Waals surface area (Å²) in [6, 6.07) is 15.7. The SMILES string of the molecule is COC(=O)[C@@H]1C(=O)NC(SCC(=O)Nc2cccc(OC)c2)=C(C#N)[C@H]1c1ccc(OC)cc1. The first kappa shape index (κ1) is 24.7. The van der Waals surface area contributed by atoms with Gasteiger partial charge in [-0.1, -0.05) is 30.0 Å². The van der Waals surface area contributed by atoms with Crippen molar-refractivity contribution in [1.82, 2.24) is 5.32 Å². The average molecular weight is 482 g/mol. The summed E-state index contributed by atoms with van der Waals surface area (Å²) in [7, 11) is 4.23. The fourth-order valence-corrected chi connectivity index (χ4v) is 4.37. The third-order valence-corrected chi connectivity index (χ3v) is 6.18. The summed E-state index contributed by atoms with van der Waals surface area (Å²) in [6.45, 7) is 0. The molecule has 34 heavy (non-hydrogen) atoms. The zero-order valence-electron chi connectivity index (χ0n) is 18.8. The molecule has 3 rings (SSSR count). The van der Waals surface area contributed by atoms with E-state index in [9.17, 15) is 19.6 Å². The van der Waals surface area contributed by atoms with Crippen molar-refractivity contribution in [2.75, 3.05) is 32.4 Å². The molecule has 0 fully saturated rings. The summed E-state index contributed by atoms with van der Waals surface area (Å²) in [4.78, 5) is 37.8. The van der Waals surface area contributed by atoms with Gasteiger partial charge in [-0.2, -0.15) is 5.26 Å². The number of thioether (sulfide) groups is 1. The van der Waals surface area contributed by atoms with E-state index in [-0.39, 0.29) is 22.3 Å². The van der Waals surface area contributed by atoms with Crippen LogP contribution in [-0.4, -0.2) is 44.9 Å². The molecule has 0 unspecified atom stereocenters. The van der Waals surface area contributed by atoms with Gasteiger partial charge < -0.3 is 24.8 Å². The third kappa shape index (κ3) is 5.50. The van der Waals surface area contributed by atoms with Crippen LogP contribution < -0.4 is 20.1 Å². The first-order valence-corrected chi connectivity index (χ1v) is 11.1. The average Bonchev–Trinajstić information content (AvgIpc) is 2.86. The summed E-state index contributed by atoms with van der Waals surface area (Å²) in [5.74, 6) is -2.72. The molecule has 10 heteroatoms. The maximum absolute atomic E-state index is 12.9. The van der Waals surface area contributed by atoms with Crippen LogP contribution in [0.25, 0.3) is 0 Å². The molecule has 2 N–H and O–H groups in total. The Morgan fingerprint density at radius 1 is 1.09 bits per heavy atom. The molecule has 2 atom stereocenters. The van der Waals surface area contributed by atoms with Gasteiger partial charge in [0.25, 0.3) is 0 Å². The van der Waals surface area contributed by atoms with Crippen molar-refractivity contribution in [3.05, 3.63) is 64.7 Å². The van der Waals surface area contributed by atoms with Crippen LogP contribution >= 0.6 is 11.8 Å². The van der Waals surface area contributed by atoms with E-state index in [1.807, 2.05) is 0 Å². The number of esters is 1. The maximum atomic E-state index is 12.9. The molecule has 1 aliphatic rings. The lowest BCUT2D eigenvalue weighted by molar-refractivity contribution is -0.150. The van der Waals surface area contributed by atoms with Gasteiger partial charge >= 0.3 is 5.97 Å². The van der Waals surface area contributed by atoms with E-state index in [1.54, 1.807) is 48.5 Å². The van der Waals surface area contributed by atoms with Gasteiger partial charge in [0.2, 0.25) is 11.8 Å². The normalized spacial score (nSPS) is 17.3. The lowest BCUT2D eigenvalue weighted by Gasteiger charge is -2.31. The van der Waals surface area contributed by atoms with Crippen LogP contribution in [-0.2, 0) is 19.1 Å². The number of carbonyl (C=O) groups is 3. The van der Waals surface area contributed by atoms with Crippen LogP contribution in [0.5, 0.6) is 11.5 Å². The highest BCUT2D eigenvalue weighted by Gasteiger charge is 2.44. The highest BCUT2D eigenvalue weighted by Crippen LogP contribution is 2.40. The molecule has 0 radical (unpaired) electrons. The zero-order chi connectivity index (χ0) is 24.7. The Bertz CT molecular complexity index is 1160. The minimum atomic E-state index is -1.25. The molecule has 2 amide bonds. The highest BCUT2D eigenvalue weighted by molar-refractivity contribution is 8.03. The number of carbonyl (C=O) groups excluding carboxylic acids is 3. The number of nitrogens with zero attached hydrogens (tertiary/aromatic N) is 1. The molecular weight excluding hydrogens is 458 g/mol. The molecule has 1 aliphatic heterocycles. The van der Waals surface area contributed by atoms with Crippen LogP contribution in [0.4, 0.5) is 5.69 Å². The molecular formula is C24H23N3O6S. The second kappa shape index (κ2) is 11.2. The van der Waals surface area contributed by atoms with Crippen molar-refractivity contribution < 1.29 is 28.6 Å². The van der Waals surface area contributed by atoms with E-state index < -0.39 is 23.7 Å². The minimum absolute atomic E-state index is 0.0732. The van der Waals surface area contributed by atoms with E-state index in [0.29, 0.717) is 22.7 Å². The molecule has 9 nitrogen and oxygen atoms in total. The number of methoxy groups -OCH3 is 3. The largest absolute Gasteiger partial charge is 0.497 e. The second-order valence-corrected chi connectivity index (χ2v) is 8.15. The molecule has 0 saturated carbocycles. The van der Waals surface area contributed by atoms with Crippen molar-refractivity contribution in [3.8, 4) is 17.6 Å². The van der Waals surface area contributed by atoms with Crippen LogP contribution in [0.3, 0.4) is 0 Å². The molecule has 2 aromatic carbocycles. The number of hydrogen-bond donors (Lipinski definition) is 2. The fourth-order valence-electron chi connectivity index (χ4n) is 3.53. The van der Waals surface area contributed by atoms with Gasteiger partial charge in [-0.25, -0.2) is 0 Å². The molecule has 176 valence electrons. The van der Waals surface area contributed by atoms with E-state index in [2.05, 4.69) is 16.7 Å². The standard InChI is InChI=1S/C24H23N3O6S/c1-31-16-9-7-14(8-10-16)20-18(12-25)23(27-22(29)21(20)24(30)33-3)34-13-19(28)26-15-5-4-6-17(11-15)32-2/h4-11,20-21H,13H2,1-3H3,(H,26,28)(H,27,29)/t20-,21+/m1/s1. The number of hydrogen-bond acceptors (Lipinski definition) is 8. The Kier molecular flexibility index (Phi) is 8.16. The number of nitrogens with one attached hydrogen (secondary N) is 2. The number of allylic oxidation sites excluding steroid dienone is 1. The zero-order valence-corrected chi connectivity index (χ0v) is 19.6. The Labute approximate surface area is 201 Å². The topological polar surface area (TPSA) is 127 Å². The van der Waals surface area contributed by atoms with Crippen LogP contribution in [0.2, 0.25) is 0 Å². The van der Waals surface area contributed by atoms with Gasteiger partial charge in [-0.15, -0.1) is 0 Å². The van der Waals surface area contributed by atoms with Crippen LogP contribution in [0.1, 0.15) is 11.5 Å². The summed E-state index contributed by atoms with van der Waals surface area (Å²) < 4.78 is 15.1. The van der Waals surface area contributed by atoms with Gasteiger partial charge in [-0.05, 0) is 29.8 Å². The van der Waals surface area contributed by atoms with E-state index in [1.165, 1.54) is 21.3 Å². The van der Waals surface area contributed by atoms with E-state index in [4.69, 9.17) is 14.2 Å². The van der Waals surface area contributed by atoms with Crippen LogP contribution in [0, 0.1) is 17.2 Å². The molecule has 0 aliphatic carbocycles.